The summed E-state index contributed by atoms with van der Waals surface area (Å²) in [7, 11) is -3.66. The van der Waals surface area contributed by atoms with E-state index in [9.17, 15) is 9.59 Å². The zero-order valence-corrected chi connectivity index (χ0v) is 30.8. The Morgan fingerprint density at radius 3 is 2.23 bits per heavy atom. The quantitative estimate of drug-likeness (QED) is 0.184. The Morgan fingerprint density at radius 1 is 1.00 bits per heavy atom. The summed E-state index contributed by atoms with van der Waals surface area (Å²) < 4.78 is 17.7. The highest BCUT2D eigenvalue weighted by Gasteiger charge is 2.37. The van der Waals surface area contributed by atoms with Crippen molar-refractivity contribution in [1.82, 2.24) is 10.2 Å². The summed E-state index contributed by atoms with van der Waals surface area (Å²) in [6.45, 7) is 25.5. The second kappa shape index (κ2) is 15.6. The van der Waals surface area contributed by atoms with E-state index in [1.807, 2.05) is 57.3 Å². The molecule has 0 spiro atoms. The third kappa shape index (κ3) is 13.0. The van der Waals surface area contributed by atoms with E-state index in [0.29, 0.717) is 6.54 Å². The van der Waals surface area contributed by atoms with Crippen LogP contribution in [0.4, 0.5) is 9.59 Å². The first-order valence-electron chi connectivity index (χ1n) is 15.8. The smallest absolute Gasteiger partial charge is 0.414 e. The van der Waals surface area contributed by atoms with Crippen LogP contribution in [-0.2, 0) is 20.5 Å². The largest absolute Gasteiger partial charge is 0.444 e. The van der Waals surface area contributed by atoms with Crippen LogP contribution < -0.4 is 5.32 Å². The number of unbranched alkanes of at least 4 members (excludes halogenated alkanes) is 1. The van der Waals surface area contributed by atoms with E-state index in [2.05, 4.69) is 64.9 Å². The molecule has 0 aliphatic carbocycles. The zero-order valence-electron chi connectivity index (χ0n) is 28.8. The molecule has 1 heterocycles. The van der Waals surface area contributed by atoms with Crippen LogP contribution in [0.1, 0.15) is 79.2 Å². The average molecular weight is 631 g/mol. The zero-order chi connectivity index (χ0) is 32.5. The van der Waals surface area contributed by atoms with Gasteiger partial charge in [-0.1, -0.05) is 82.0 Å². The van der Waals surface area contributed by atoms with Crippen molar-refractivity contribution in [3.05, 3.63) is 58.9 Å². The predicted molar refractivity (Wildman–Crippen MR) is 182 cm³/mol. The molecule has 0 saturated heterocycles. The second-order valence-corrected chi connectivity index (χ2v) is 25.0. The van der Waals surface area contributed by atoms with E-state index in [-0.39, 0.29) is 23.8 Å². The summed E-state index contributed by atoms with van der Waals surface area (Å²) in [6, 6.07) is 9.55. The number of allylic oxidation sites excluding steroid dienone is 2. The number of hydrogen-bond acceptors (Lipinski definition) is 5. The molecule has 0 aromatic heterocycles. The number of benzene rings is 1. The molecule has 9 heteroatoms. The van der Waals surface area contributed by atoms with Gasteiger partial charge in [-0.05, 0) is 82.1 Å². The highest BCUT2D eigenvalue weighted by atomic mass is 28.4. The summed E-state index contributed by atoms with van der Waals surface area (Å²) in [5, 5.41) is 4.57. The molecule has 0 unspecified atom stereocenters. The number of hydrogen-bond donors (Lipinski definition) is 1. The van der Waals surface area contributed by atoms with Crippen molar-refractivity contribution in [2.24, 2.45) is 0 Å². The molecule has 1 atom stereocenters. The predicted octanol–water partition coefficient (Wildman–Crippen LogP) is 9.19. The topological polar surface area (TPSA) is 77.1 Å². The molecule has 242 valence electrons. The number of amides is 2. The number of rotatable bonds is 12. The van der Waals surface area contributed by atoms with Crippen molar-refractivity contribution in [3.8, 4) is 0 Å². The van der Waals surface area contributed by atoms with E-state index >= 15 is 0 Å². The molecule has 0 radical (unpaired) electrons. The van der Waals surface area contributed by atoms with Gasteiger partial charge >= 0.3 is 12.2 Å². The number of nitrogens with one attached hydrogen (secondary N) is 1. The van der Waals surface area contributed by atoms with Crippen molar-refractivity contribution < 1.29 is 23.5 Å². The average Bonchev–Trinajstić information content (AvgIpc) is 2.88. The Kier molecular flexibility index (Phi) is 13.3. The van der Waals surface area contributed by atoms with Crippen LogP contribution in [0.25, 0.3) is 0 Å². The standard InChI is InChI=1S/C34H58N2O5Si2/c1-33(2,3)41-31(37)35-29(21-15-16-23-40-43(10,11)34(4,5)6)24-30(42(7,8)9)28-20-17-22-36(25-28)32(38)39-26-27-18-13-12-14-19-27/h12-14,18-19,24-25,29H,15-17,20-23,26H2,1-11H3,(H,35,37)/b30-24-/t29-/m1/s1. The molecule has 1 aromatic rings. The molecule has 0 bridgehead atoms. The van der Waals surface area contributed by atoms with E-state index in [4.69, 9.17) is 13.9 Å². The number of carbonyl (C=O) groups is 2. The second-order valence-electron chi connectivity index (χ2n) is 15.2. The molecule has 0 fully saturated rings. The summed E-state index contributed by atoms with van der Waals surface area (Å²) in [6.07, 6.45) is 7.84. The van der Waals surface area contributed by atoms with E-state index in [0.717, 1.165) is 49.8 Å². The van der Waals surface area contributed by atoms with Crippen LogP contribution >= 0.6 is 0 Å². The lowest BCUT2D eigenvalue weighted by Gasteiger charge is -2.36. The number of carbonyl (C=O) groups excluding carboxylic acids is 2. The lowest BCUT2D eigenvalue weighted by Crippen LogP contribution is -2.41. The van der Waals surface area contributed by atoms with Crippen LogP contribution in [0.2, 0.25) is 37.8 Å². The highest BCUT2D eigenvalue weighted by molar-refractivity contribution is 6.84. The van der Waals surface area contributed by atoms with Crippen LogP contribution in [0.15, 0.2) is 53.4 Å². The molecule has 1 aromatic carbocycles. The molecule has 43 heavy (non-hydrogen) atoms. The first kappa shape index (κ1) is 36.8. The third-order valence-corrected chi connectivity index (χ3v) is 14.6. The van der Waals surface area contributed by atoms with Gasteiger partial charge in [0.1, 0.15) is 12.2 Å². The van der Waals surface area contributed by atoms with Gasteiger partial charge in [0.25, 0.3) is 0 Å². The van der Waals surface area contributed by atoms with Crippen molar-refractivity contribution in [2.45, 2.75) is 130 Å². The fourth-order valence-electron chi connectivity index (χ4n) is 4.61. The summed E-state index contributed by atoms with van der Waals surface area (Å²) in [5.41, 5.74) is 1.54. The molecular formula is C34H58N2O5Si2. The first-order chi connectivity index (χ1) is 19.8. The van der Waals surface area contributed by atoms with Crippen LogP contribution in [0, 0.1) is 0 Å². The van der Waals surface area contributed by atoms with E-state index < -0.39 is 28.1 Å². The van der Waals surface area contributed by atoms with Gasteiger partial charge in [-0.2, -0.15) is 0 Å². The van der Waals surface area contributed by atoms with Crippen LogP contribution in [0.3, 0.4) is 0 Å². The maximum Gasteiger partial charge on any atom is 0.414 e. The molecule has 2 amide bonds. The molecular weight excluding hydrogens is 573 g/mol. The van der Waals surface area contributed by atoms with Gasteiger partial charge in [0.05, 0.1) is 14.1 Å². The van der Waals surface area contributed by atoms with E-state index in [1.165, 1.54) is 5.20 Å². The van der Waals surface area contributed by atoms with Gasteiger partial charge in [0.2, 0.25) is 0 Å². The van der Waals surface area contributed by atoms with Gasteiger partial charge in [-0.15, -0.1) is 0 Å². The Morgan fingerprint density at radius 2 is 1.65 bits per heavy atom. The fourth-order valence-corrected chi connectivity index (χ4v) is 7.56. The minimum atomic E-state index is -1.87. The summed E-state index contributed by atoms with van der Waals surface area (Å²) >= 11 is 0. The van der Waals surface area contributed by atoms with E-state index in [1.54, 1.807) is 4.90 Å². The van der Waals surface area contributed by atoms with Crippen molar-refractivity contribution in [1.29, 1.82) is 0 Å². The molecule has 1 N–H and O–H groups in total. The lowest BCUT2D eigenvalue weighted by molar-refractivity contribution is 0.0511. The molecule has 1 aliphatic rings. The normalized spacial score (nSPS) is 15.9. The van der Waals surface area contributed by atoms with Crippen LogP contribution in [0.5, 0.6) is 0 Å². The first-order valence-corrected chi connectivity index (χ1v) is 22.2. The van der Waals surface area contributed by atoms with Crippen molar-refractivity contribution in [2.75, 3.05) is 13.2 Å². The van der Waals surface area contributed by atoms with Crippen molar-refractivity contribution >= 4 is 28.6 Å². The Bertz CT molecular complexity index is 1110. The lowest BCUT2D eigenvalue weighted by atomic mass is 10.0. The minimum absolute atomic E-state index is 0.179. The van der Waals surface area contributed by atoms with Gasteiger partial charge in [-0.25, -0.2) is 9.59 Å². The monoisotopic (exact) mass is 630 g/mol. The highest BCUT2D eigenvalue weighted by Crippen LogP contribution is 2.36. The molecule has 2 rings (SSSR count). The van der Waals surface area contributed by atoms with Gasteiger partial charge in [0.15, 0.2) is 8.32 Å². The van der Waals surface area contributed by atoms with Gasteiger partial charge < -0.3 is 19.2 Å². The fraction of sp³-hybridized carbons (Fsp3) is 0.647. The Hall–Kier alpha value is -2.37. The maximum atomic E-state index is 13.0. The minimum Gasteiger partial charge on any atom is -0.444 e. The van der Waals surface area contributed by atoms with Gasteiger partial charge in [0, 0.05) is 19.4 Å². The van der Waals surface area contributed by atoms with Gasteiger partial charge in [-0.3, -0.25) is 4.90 Å². The SMILES string of the molecule is CC(C)(C)OC(=O)N[C@@H](/C=C(/C1=CN(C(=O)OCc2ccccc2)CCC1)[Si](C)(C)C)CCCCO[Si](C)(C)C(C)(C)C. The Balaban J connectivity index is 2.23. The Labute approximate surface area is 263 Å². The molecule has 1 aliphatic heterocycles. The maximum absolute atomic E-state index is 13.0. The molecule has 7 nitrogen and oxygen atoms in total. The number of ether oxygens (including phenoxy) is 2. The summed E-state index contributed by atoms with van der Waals surface area (Å²) in [4.78, 5) is 27.6. The summed E-state index contributed by atoms with van der Waals surface area (Å²) in [5.74, 6) is 0. The van der Waals surface area contributed by atoms with Crippen LogP contribution in [-0.4, -0.2) is 58.3 Å². The van der Waals surface area contributed by atoms with Crippen molar-refractivity contribution in [3.63, 3.8) is 0 Å². The third-order valence-electron chi connectivity index (χ3n) is 8.00. The number of alkyl carbamates (subject to hydrolysis) is 1. The molecule has 0 saturated carbocycles. The number of nitrogens with zero attached hydrogens (tertiary/aromatic N) is 1.